The number of nitrogens with zero attached hydrogens (tertiary/aromatic N) is 1. The van der Waals surface area contributed by atoms with Gasteiger partial charge in [-0.2, -0.15) is 0 Å². The van der Waals surface area contributed by atoms with E-state index in [4.69, 9.17) is 0 Å². The number of rotatable bonds is 7. The molecule has 0 fully saturated rings. The average molecular weight is 360 g/mol. The smallest absolute Gasteiger partial charge is 0.0495 e. The SMILES string of the molecule is C\C=C(/C=C\C(=C\CCC)NC(C)C)c1ccc2c(c1)[nH]c1ccncc12. The highest BCUT2D eigenvalue weighted by Gasteiger charge is 2.06. The summed E-state index contributed by atoms with van der Waals surface area (Å²) < 4.78 is 0. The van der Waals surface area contributed by atoms with Crippen molar-refractivity contribution in [2.45, 2.75) is 46.6 Å². The largest absolute Gasteiger partial charge is 0.383 e. The van der Waals surface area contributed by atoms with Gasteiger partial charge in [0, 0.05) is 45.9 Å². The molecular formula is C24H29N3. The first-order chi connectivity index (χ1) is 13.1. The van der Waals surface area contributed by atoms with Gasteiger partial charge in [-0.1, -0.05) is 43.7 Å². The van der Waals surface area contributed by atoms with E-state index in [1.54, 1.807) is 0 Å². The Morgan fingerprint density at radius 3 is 2.74 bits per heavy atom. The van der Waals surface area contributed by atoms with Crippen molar-refractivity contribution in [3.8, 4) is 0 Å². The monoisotopic (exact) mass is 359 g/mol. The molecule has 140 valence electrons. The Morgan fingerprint density at radius 2 is 2.00 bits per heavy atom. The van der Waals surface area contributed by atoms with Crippen LogP contribution in [0.2, 0.25) is 0 Å². The molecule has 2 aromatic heterocycles. The van der Waals surface area contributed by atoms with Crippen LogP contribution < -0.4 is 5.32 Å². The Labute approximate surface area is 161 Å². The summed E-state index contributed by atoms with van der Waals surface area (Å²) in [6, 6.07) is 9.04. The number of hydrogen-bond acceptors (Lipinski definition) is 2. The van der Waals surface area contributed by atoms with E-state index in [2.05, 4.69) is 85.5 Å². The summed E-state index contributed by atoms with van der Waals surface area (Å²) in [5, 5.41) is 5.91. The van der Waals surface area contributed by atoms with Gasteiger partial charge in [-0.05, 0) is 56.5 Å². The van der Waals surface area contributed by atoms with Crippen molar-refractivity contribution in [2.75, 3.05) is 0 Å². The maximum Gasteiger partial charge on any atom is 0.0495 e. The lowest BCUT2D eigenvalue weighted by molar-refractivity contribution is 0.677. The van der Waals surface area contributed by atoms with Crippen LogP contribution in [-0.4, -0.2) is 16.0 Å². The highest BCUT2D eigenvalue weighted by atomic mass is 14.9. The molecule has 3 heteroatoms. The second kappa shape index (κ2) is 8.72. The number of fused-ring (bicyclic) bond motifs is 3. The molecule has 0 radical (unpaired) electrons. The Balaban J connectivity index is 1.91. The van der Waals surface area contributed by atoms with Crippen LogP contribution in [0.1, 0.15) is 46.1 Å². The van der Waals surface area contributed by atoms with Gasteiger partial charge >= 0.3 is 0 Å². The van der Waals surface area contributed by atoms with Crippen LogP contribution in [0.3, 0.4) is 0 Å². The van der Waals surface area contributed by atoms with Gasteiger partial charge in [-0.25, -0.2) is 0 Å². The first-order valence-corrected chi connectivity index (χ1v) is 9.79. The van der Waals surface area contributed by atoms with Gasteiger partial charge in [0.2, 0.25) is 0 Å². The maximum absolute atomic E-state index is 4.25. The molecule has 0 saturated heterocycles. The Hall–Kier alpha value is -2.81. The fraction of sp³-hybridized carbons (Fsp3) is 0.292. The summed E-state index contributed by atoms with van der Waals surface area (Å²) in [4.78, 5) is 7.75. The molecule has 0 saturated carbocycles. The fourth-order valence-corrected chi connectivity index (χ4v) is 3.27. The number of unbranched alkanes of at least 4 members (excludes halogenated alkanes) is 1. The third-order valence-electron chi connectivity index (χ3n) is 4.60. The van der Waals surface area contributed by atoms with Gasteiger partial charge < -0.3 is 10.3 Å². The second-order valence-electron chi connectivity index (χ2n) is 7.13. The number of aromatic nitrogens is 2. The Kier molecular flexibility index (Phi) is 6.12. The van der Waals surface area contributed by atoms with Crippen LogP contribution in [0.5, 0.6) is 0 Å². The van der Waals surface area contributed by atoms with Crippen LogP contribution in [-0.2, 0) is 0 Å². The van der Waals surface area contributed by atoms with Gasteiger partial charge in [0.1, 0.15) is 0 Å². The zero-order chi connectivity index (χ0) is 19.2. The number of nitrogens with one attached hydrogen (secondary N) is 2. The molecule has 2 N–H and O–H groups in total. The number of H-pyrrole nitrogens is 1. The van der Waals surface area contributed by atoms with E-state index in [1.165, 1.54) is 27.6 Å². The van der Waals surface area contributed by atoms with Crippen LogP contribution in [0.4, 0.5) is 0 Å². The summed E-state index contributed by atoms with van der Waals surface area (Å²) in [5.41, 5.74) is 5.87. The van der Waals surface area contributed by atoms with Crippen molar-refractivity contribution in [2.24, 2.45) is 0 Å². The predicted octanol–water partition coefficient (Wildman–Crippen LogP) is 6.36. The van der Waals surface area contributed by atoms with E-state index >= 15 is 0 Å². The molecule has 1 aromatic carbocycles. The minimum absolute atomic E-state index is 0.420. The van der Waals surface area contributed by atoms with Crippen molar-refractivity contribution in [3.63, 3.8) is 0 Å². The van der Waals surface area contributed by atoms with Crippen molar-refractivity contribution in [3.05, 3.63) is 72.2 Å². The maximum atomic E-state index is 4.25. The third-order valence-corrected chi connectivity index (χ3v) is 4.60. The lowest BCUT2D eigenvalue weighted by atomic mass is 10.0. The van der Waals surface area contributed by atoms with Crippen LogP contribution in [0, 0.1) is 0 Å². The van der Waals surface area contributed by atoms with E-state index in [0.29, 0.717) is 6.04 Å². The molecule has 3 aromatic rings. The Bertz CT molecular complexity index is 1000. The first-order valence-electron chi connectivity index (χ1n) is 9.79. The minimum atomic E-state index is 0.420. The number of aromatic amines is 1. The lowest BCUT2D eigenvalue weighted by Crippen LogP contribution is -2.20. The third kappa shape index (κ3) is 4.48. The topological polar surface area (TPSA) is 40.7 Å². The quantitative estimate of drug-likeness (QED) is 0.482. The average Bonchev–Trinajstić information content (AvgIpc) is 3.03. The summed E-state index contributed by atoms with van der Waals surface area (Å²) in [7, 11) is 0. The van der Waals surface area contributed by atoms with E-state index in [-0.39, 0.29) is 0 Å². The van der Waals surface area contributed by atoms with Gasteiger partial charge in [0.25, 0.3) is 0 Å². The Morgan fingerprint density at radius 1 is 1.15 bits per heavy atom. The molecule has 0 unspecified atom stereocenters. The van der Waals surface area contributed by atoms with Crippen LogP contribution >= 0.6 is 0 Å². The lowest BCUT2D eigenvalue weighted by Gasteiger charge is -2.11. The summed E-state index contributed by atoms with van der Waals surface area (Å²) >= 11 is 0. The normalized spacial score (nSPS) is 13.4. The van der Waals surface area contributed by atoms with Gasteiger partial charge in [0.15, 0.2) is 0 Å². The molecule has 0 spiro atoms. The number of benzene rings is 1. The van der Waals surface area contributed by atoms with E-state index in [1.807, 2.05) is 18.5 Å². The molecule has 0 aliphatic heterocycles. The molecule has 3 nitrogen and oxygen atoms in total. The van der Waals surface area contributed by atoms with Gasteiger partial charge in [-0.15, -0.1) is 0 Å². The summed E-state index contributed by atoms with van der Waals surface area (Å²) in [5.74, 6) is 0. The van der Waals surface area contributed by atoms with Crippen molar-refractivity contribution in [1.29, 1.82) is 0 Å². The van der Waals surface area contributed by atoms with Gasteiger partial charge in [-0.3, -0.25) is 4.98 Å². The molecule has 0 aliphatic rings. The number of pyridine rings is 1. The summed E-state index contributed by atoms with van der Waals surface area (Å²) in [6.45, 7) is 8.63. The zero-order valence-electron chi connectivity index (χ0n) is 16.7. The summed E-state index contributed by atoms with van der Waals surface area (Å²) in [6.07, 6.45) is 14.8. The minimum Gasteiger partial charge on any atom is -0.383 e. The van der Waals surface area contributed by atoms with Crippen molar-refractivity contribution < 1.29 is 0 Å². The molecule has 27 heavy (non-hydrogen) atoms. The fourth-order valence-electron chi connectivity index (χ4n) is 3.27. The molecule has 0 atom stereocenters. The molecule has 3 rings (SSSR count). The van der Waals surface area contributed by atoms with Gasteiger partial charge in [0.05, 0.1) is 0 Å². The first kappa shape index (κ1) is 19.0. The molecule has 0 amide bonds. The highest BCUT2D eigenvalue weighted by molar-refractivity contribution is 6.07. The molecular weight excluding hydrogens is 330 g/mol. The second-order valence-corrected chi connectivity index (χ2v) is 7.13. The van der Waals surface area contributed by atoms with Crippen LogP contribution in [0.25, 0.3) is 27.4 Å². The van der Waals surface area contributed by atoms with Crippen molar-refractivity contribution in [1.82, 2.24) is 15.3 Å². The molecule has 2 heterocycles. The van der Waals surface area contributed by atoms with E-state index < -0.39 is 0 Å². The molecule has 0 aliphatic carbocycles. The zero-order valence-corrected chi connectivity index (χ0v) is 16.7. The predicted molar refractivity (Wildman–Crippen MR) is 118 cm³/mol. The standard InChI is InChI=1S/C24H29N3/c1-5-7-8-20(26-17(3)4)11-9-18(6-2)19-10-12-21-22-16-25-14-13-23(22)27-24(21)15-19/h6,8-17,26-27H,5,7H2,1-4H3/b11-9-,18-6+,20-8-. The van der Waals surface area contributed by atoms with E-state index in [0.717, 1.165) is 23.9 Å². The van der Waals surface area contributed by atoms with E-state index in [9.17, 15) is 0 Å². The molecule has 0 bridgehead atoms. The number of allylic oxidation sites excluding steroid dienone is 5. The number of hydrogen-bond donors (Lipinski definition) is 2. The highest BCUT2D eigenvalue weighted by Crippen LogP contribution is 2.28. The van der Waals surface area contributed by atoms with Crippen molar-refractivity contribution >= 4 is 27.4 Å². The van der Waals surface area contributed by atoms with Crippen LogP contribution in [0.15, 0.2) is 66.7 Å².